The van der Waals surface area contributed by atoms with Gasteiger partial charge in [0.05, 0.1) is 23.9 Å². The van der Waals surface area contributed by atoms with Gasteiger partial charge in [-0.2, -0.15) is 18.3 Å². The van der Waals surface area contributed by atoms with E-state index in [9.17, 15) is 18.0 Å². The molecule has 1 aliphatic rings. The molecule has 1 aromatic carbocycles. The van der Waals surface area contributed by atoms with Gasteiger partial charge in [0.1, 0.15) is 11.2 Å². The van der Waals surface area contributed by atoms with E-state index < -0.39 is 17.3 Å². The van der Waals surface area contributed by atoms with Crippen molar-refractivity contribution < 1.29 is 17.9 Å². The molecule has 3 heterocycles. The maximum absolute atomic E-state index is 13.3. The Bertz CT molecular complexity index is 1060. The topological polar surface area (TPSA) is 72.8 Å². The number of halogens is 3. The van der Waals surface area contributed by atoms with Gasteiger partial charge in [0, 0.05) is 13.0 Å². The van der Waals surface area contributed by atoms with Crippen molar-refractivity contribution in [3.63, 3.8) is 0 Å². The van der Waals surface area contributed by atoms with Crippen molar-refractivity contribution in [3.8, 4) is 0 Å². The number of aromatic nitrogens is 4. The number of fused-ring (bicyclic) bond motifs is 1. The lowest BCUT2D eigenvalue weighted by Crippen LogP contribution is -2.26. The third-order valence-electron chi connectivity index (χ3n) is 5.00. The van der Waals surface area contributed by atoms with Crippen LogP contribution in [-0.4, -0.2) is 32.5 Å². The number of nitrogens with one attached hydrogen (secondary N) is 1. The van der Waals surface area contributed by atoms with Gasteiger partial charge in [-0.05, 0) is 31.4 Å². The zero-order chi connectivity index (χ0) is 19.9. The van der Waals surface area contributed by atoms with Crippen LogP contribution in [0.1, 0.15) is 42.8 Å². The van der Waals surface area contributed by atoms with E-state index in [1.165, 1.54) is 24.4 Å². The average molecular weight is 392 g/mol. The fourth-order valence-corrected chi connectivity index (χ4v) is 3.66. The second-order valence-electron chi connectivity index (χ2n) is 7.03. The number of aromatic amines is 1. The van der Waals surface area contributed by atoms with Crippen molar-refractivity contribution in [1.82, 2.24) is 19.7 Å². The fraction of sp³-hybridized carbons (Fsp3) is 0.421. The third-order valence-corrected chi connectivity index (χ3v) is 5.00. The van der Waals surface area contributed by atoms with E-state index in [1.807, 2.05) is 6.92 Å². The first-order chi connectivity index (χ1) is 13.3. The Morgan fingerprint density at radius 3 is 2.86 bits per heavy atom. The number of alkyl halides is 3. The average Bonchev–Trinajstić information content (AvgIpc) is 3.06. The number of rotatable bonds is 3. The highest BCUT2D eigenvalue weighted by molar-refractivity contribution is 5.73. The monoisotopic (exact) mass is 392 g/mol. The van der Waals surface area contributed by atoms with Crippen LogP contribution in [0.5, 0.6) is 0 Å². The molecule has 9 heteroatoms. The zero-order valence-electron chi connectivity index (χ0n) is 15.2. The molecule has 4 rings (SSSR count). The van der Waals surface area contributed by atoms with Crippen LogP contribution in [0.4, 0.5) is 13.2 Å². The van der Waals surface area contributed by atoms with E-state index >= 15 is 0 Å². The fourth-order valence-electron chi connectivity index (χ4n) is 3.66. The van der Waals surface area contributed by atoms with Gasteiger partial charge in [-0.15, -0.1) is 0 Å². The van der Waals surface area contributed by atoms with Crippen molar-refractivity contribution in [2.45, 2.75) is 44.5 Å². The van der Waals surface area contributed by atoms with Crippen LogP contribution in [0.15, 0.2) is 35.3 Å². The zero-order valence-corrected chi connectivity index (χ0v) is 15.2. The minimum atomic E-state index is -4.47. The van der Waals surface area contributed by atoms with E-state index in [2.05, 4.69) is 15.1 Å². The molecule has 1 fully saturated rings. The summed E-state index contributed by atoms with van der Waals surface area (Å²) in [4.78, 5) is 19.5. The van der Waals surface area contributed by atoms with Crippen LogP contribution in [0, 0.1) is 0 Å². The van der Waals surface area contributed by atoms with Crippen molar-refractivity contribution in [3.05, 3.63) is 57.8 Å². The molecule has 0 aliphatic carbocycles. The second-order valence-corrected chi connectivity index (χ2v) is 7.03. The summed E-state index contributed by atoms with van der Waals surface area (Å²) in [6.07, 6.45) is -1.61. The molecule has 0 bridgehead atoms. The summed E-state index contributed by atoms with van der Waals surface area (Å²) in [5, 5.41) is 4.64. The molecule has 3 aromatic rings. The molecule has 0 saturated carbocycles. The molecule has 0 spiro atoms. The normalized spacial score (nSPS) is 20.6. The van der Waals surface area contributed by atoms with Gasteiger partial charge in [0.15, 0.2) is 5.65 Å². The van der Waals surface area contributed by atoms with Crippen LogP contribution < -0.4 is 5.56 Å². The van der Waals surface area contributed by atoms with Crippen molar-refractivity contribution >= 4 is 11.0 Å². The molecule has 1 N–H and O–H groups in total. The second kappa shape index (κ2) is 7.05. The Balaban J connectivity index is 1.74. The van der Waals surface area contributed by atoms with Gasteiger partial charge < -0.3 is 9.72 Å². The number of hydrogen-bond acceptors (Lipinski definition) is 4. The minimum Gasteiger partial charge on any atom is -0.378 e. The smallest absolute Gasteiger partial charge is 0.378 e. The Labute approximate surface area is 158 Å². The van der Waals surface area contributed by atoms with Gasteiger partial charge in [0.25, 0.3) is 5.56 Å². The molecule has 1 saturated heterocycles. The van der Waals surface area contributed by atoms with E-state index in [-0.39, 0.29) is 30.0 Å². The first-order valence-corrected chi connectivity index (χ1v) is 9.06. The summed E-state index contributed by atoms with van der Waals surface area (Å²) < 4.78 is 47.0. The largest absolute Gasteiger partial charge is 0.416 e. The molecule has 6 nitrogen and oxygen atoms in total. The van der Waals surface area contributed by atoms with Crippen LogP contribution in [0.2, 0.25) is 0 Å². The van der Waals surface area contributed by atoms with Gasteiger partial charge in [-0.1, -0.05) is 18.2 Å². The summed E-state index contributed by atoms with van der Waals surface area (Å²) in [6.45, 7) is 2.56. The molecule has 2 aromatic heterocycles. The highest BCUT2D eigenvalue weighted by Gasteiger charge is 2.33. The Morgan fingerprint density at radius 1 is 1.32 bits per heavy atom. The van der Waals surface area contributed by atoms with Crippen molar-refractivity contribution in [2.24, 2.45) is 0 Å². The van der Waals surface area contributed by atoms with Gasteiger partial charge in [0.2, 0.25) is 0 Å². The first kappa shape index (κ1) is 18.7. The maximum Gasteiger partial charge on any atom is 0.416 e. The molecule has 2 atom stereocenters. The molecule has 0 radical (unpaired) electrons. The van der Waals surface area contributed by atoms with Gasteiger partial charge >= 0.3 is 6.18 Å². The number of ether oxygens (including phenoxy) is 1. The summed E-state index contributed by atoms with van der Waals surface area (Å²) in [5.41, 5.74) is -0.689. The maximum atomic E-state index is 13.3. The number of benzene rings is 1. The van der Waals surface area contributed by atoms with Crippen molar-refractivity contribution in [2.75, 3.05) is 6.61 Å². The van der Waals surface area contributed by atoms with Gasteiger partial charge in [-0.3, -0.25) is 4.79 Å². The Morgan fingerprint density at radius 2 is 2.11 bits per heavy atom. The lowest BCUT2D eigenvalue weighted by molar-refractivity contribution is -0.138. The van der Waals surface area contributed by atoms with E-state index in [0.29, 0.717) is 17.6 Å². The SMILES string of the molecule is CC1CC(n2ncc3c(=O)[nH]c(Cc4ccccc4C(F)(F)F)nc32)CCO1. The van der Waals surface area contributed by atoms with E-state index in [4.69, 9.17) is 4.74 Å². The standard InChI is InChI=1S/C19H19F3N4O2/c1-11-8-13(6-7-28-11)26-17-14(10-23-26)18(27)25-16(24-17)9-12-4-2-3-5-15(12)19(20,21)22/h2-5,10-11,13H,6-9H2,1H3,(H,24,25,27). The Hall–Kier alpha value is -2.68. The van der Waals surface area contributed by atoms with Crippen LogP contribution in [-0.2, 0) is 17.3 Å². The highest BCUT2D eigenvalue weighted by Crippen LogP contribution is 2.32. The van der Waals surface area contributed by atoms with Crippen LogP contribution in [0.25, 0.3) is 11.0 Å². The lowest BCUT2D eigenvalue weighted by atomic mass is 10.0. The predicted molar refractivity (Wildman–Crippen MR) is 96.1 cm³/mol. The van der Waals surface area contributed by atoms with E-state index in [1.54, 1.807) is 4.68 Å². The van der Waals surface area contributed by atoms with Gasteiger partial charge in [-0.25, -0.2) is 9.67 Å². The summed E-state index contributed by atoms with van der Waals surface area (Å²) in [5.74, 6) is 0.177. The molecular formula is C19H19F3N4O2. The quantitative estimate of drug-likeness (QED) is 0.741. The summed E-state index contributed by atoms with van der Waals surface area (Å²) in [6, 6.07) is 5.33. The lowest BCUT2D eigenvalue weighted by Gasteiger charge is -2.27. The molecular weight excluding hydrogens is 373 g/mol. The molecule has 1 aliphatic heterocycles. The predicted octanol–water partition coefficient (Wildman–Crippen LogP) is 3.47. The van der Waals surface area contributed by atoms with Crippen LogP contribution >= 0.6 is 0 Å². The molecule has 28 heavy (non-hydrogen) atoms. The Kier molecular flexibility index (Phi) is 4.70. The summed E-state index contributed by atoms with van der Waals surface area (Å²) >= 11 is 0. The molecule has 148 valence electrons. The number of nitrogens with zero attached hydrogens (tertiary/aromatic N) is 3. The highest BCUT2D eigenvalue weighted by atomic mass is 19.4. The summed E-state index contributed by atoms with van der Waals surface area (Å²) in [7, 11) is 0. The molecule has 2 unspecified atom stereocenters. The minimum absolute atomic E-state index is 0.0332. The third kappa shape index (κ3) is 3.54. The molecule has 0 amide bonds. The number of H-pyrrole nitrogens is 1. The van der Waals surface area contributed by atoms with Crippen LogP contribution in [0.3, 0.4) is 0 Å². The van der Waals surface area contributed by atoms with E-state index in [0.717, 1.165) is 18.9 Å². The van der Waals surface area contributed by atoms with Crippen molar-refractivity contribution in [1.29, 1.82) is 0 Å². The first-order valence-electron chi connectivity index (χ1n) is 9.06. The number of hydrogen-bond donors (Lipinski definition) is 1.